The fourth-order valence-corrected chi connectivity index (χ4v) is 2.15. The molecule has 6 heteroatoms. The van der Waals surface area contributed by atoms with E-state index < -0.39 is 0 Å². The van der Waals surface area contributed by atoms with Crippen LogP contribution in [0.15, 0.2) is 39.8 Å². The van der Waals surface area contributed by atoms with E-state index in [2.05, 4.69) is 15.8 Å². The Morgan fingerprint density at radius 2 is 2.21 bits per heavy atom. The SMILES string of the molecule is CSc1ccccc1NCC(=O)Nc1cc(C)on1. The van der Waals surface area contributed by atoms with Gasteiger partial charge in [0.1, 0.15) is 5.76 Å². The normalized spacial score (nSPS) is 10.2. The number of hydrogen-bond acceptors (Lipinski definition) is 5. The van der Waals surface area contributed by atoms with Gasteiger partial charge in [-0.15, -0.1) is 11.8 Å². The van der Waals surface area contributed by atoms with Crippen molar-refractivity contribution in [3.05, 3.63) is 36.1 Å². The van der Waals surface area contributed by atoms with Crippen LogP contribution in [-0.2, 0) is 4.79 Å². The number of para-hydroxylation sites is 1. The van der Waals surface area contributed by atoms with Crippen LogP contribution in [0.4, 0.5) is 11.5 Å². The number of benzene rings is 1. The monoisotopic (exact) mass is 277 g/mol. The summed E-state index contributed by atoms with van der Waals surface area (Å²) in [6.45, 7) is 1.96. The summed E-state index contributed by atoms with van der Waals surface area (Å²) in [5.41, 5.74) is 0.946. The van der Waals surface area contributed by atoms with E-state index in [1.165, 1.54) is 0 Å². The highest BCUT2D eigenvalue weighted by Gasteiger charge is 2.07. The zero-order chi connectivity index (χ0) is 13.7. The molecule has 0 aliphatic rings. The van der Waals surface area contributed by atoms with E-state index in [1.54, 1.807) is 24.8 Å². The number of aromatic nitrogens is 1. The molecule has 1 aromatic carbocycles. The predicted octanol–water partition coefficient (Wildman–Crippen LogP) is 2.76. The van der Waals surface area contributed by atoms with Crippen molar-refractivity contribution in [2.24, 2.45) is 0 Å². The van der Waals surface area contributed by atoms with Gasteiger partial charge in [0.15, 0.2) is 5.82 Å². The van der Waals surface area contributed by atoms with Crippen LogP contribution in [0.3, 0.4) is 0 Å². The van der Waals surface area contributed by atoms with Crippen LogP contribution in [0.5, 0.6) is 0 Å². The second-order valence-electron chi connectivity index (χ2n) is 3.92. The third-order valence-corrected chi connectivity index (χ3v) is 3.24. The van der Waals surface area contributed by atoms with Crippen molar-refractivity contribution in [3.8, 4) is 0 Å². The zero-order valence-electron chi connectivity index (χ0n) is 10.8. The van der Waals surface area contributed by atoms with Gasteiger partial charge in [0.25, 0.3) is 0 Å². The summed E-state index contributed by atoms with van der Waals surface area (Å²) in [5, 5.41) is 9.46. The molecule has 0 atom stereocenters. The molecule has 0 fully saturated rings. The van der Waals surface area contributed by atoms with Gasteiger partial charge in [-0.05, 0) is 25.3 Å². The van der Waals surface area contributed by atoms with Gasteiger partial charge in [-0.2, -0.15) is 0 Å². The van der Waals surface area contributed by atoms with Gasteiger partial charge >= 0.3 is 0 Å². The summed E-state index contributed by atoms with van der Waals surface area (Å²) in [5.74, 6) is 0.933. The number of nitrogens with zero attached hydrogens (tertiary/aromatic N) is 1. The van der Waals surface area contributed by atoms with Gasteiger partial charge in [0.2, 0.25) is 5.91 Å². The van der Waals surface area contributed by atoms with Gasteiger partial charge in [-0.3, -0.25) is 4.79 Å². The number of carbonyl (C=O) groups is 1. The summed E-state index contributed by atoms with van der Waals surface area (Å²) >= 11 is 1.63. The van der Waals surface area contributed by atoms with E-state index >= 15 is 0 Å². The summed E-state index contributed by atoms with van der Waals surface area (Å²) in [4.78, 5) is 12.8. The van der Waals surface area contributed by atoms with Gasteiger partial charge < -0.3 is 15.2 Å². The molecule has 0 saturated heterocycles. The van der Waals surface area contributed by atoms with E-state index in [1.807, 2.05) is 30.5 Å². The molecule has 0 radical (unpaired) electrons. The summed E-state index contributed by atoms with van der Waals surface area (Å²) in [6, 6.07) is 9.52. The summed E-state index contributed by atoms with van der Waals surface area (Å²) in [7, 11) is 0. The molecule has 0 spiro atoms. The van der Waals surface area contributed by atoms with Crippen LogP contribution >= 0.6 is 11.8 Å². The molecule has 2 N–H and O–H groups in total. The first-order valence-electron chi connectivity index (χ1n) is 5.79. The lowest BCUT2D eigenvalue weighted by Crippen LogP contribution is -2.22. The first kappa shape index (κ1) is 13.5. The fraction of sp³-hybridized carbons (Fsp3) is 0.231. The zero-order valence-corrected chi connectivity index (χ0v) is 11.6. The molecule has 2 aromatic rings. The number of hydrogen-bond donors (Lipinski definition) is 2. The van der Waals surface area contributed by atoms with Crippen LogP contribution in [0, 0.1) is 6.92 Å². The van der Waals surface area contributed by atoms with E-state index in [0.29, 0.717) is 11.6 Å². The minimum absolute atomic E-state index is 0.163. The number of carbonyl (C=O) groups excluding carboxylic acids is 1. The Balaban J connectivity index is 1.89. The number of anilines is 2. The molecule has 0 aliphatic carbocycles. The topological polar surface area (TPSA) is 67.2 Å². The van der Waals surface area contributed by atoms with E-state index in [4.69, 9.17) is 4.52 Å². The van der Waals surface area contributed by atoms with E-state index in [0.717, 1.165) is 10.6 Å². The Bertz CT molecular complexity index is 569. The minimum atomic E-state index is -0.163. The van der Waals surface area contributed by atoms with Gasteiger partial charge in [-0.25, -0.2) is 0 Å². The molecule has 0 saturated carbocycles. The van der Waals surface area contributed by atoms with Crippen LogP contribution in [0.2, 0.25) is 0 Å². The molecule has 0 aliphatic heterocycles. The van der Waals surface area contributed by atoms with Crippen LogP contribution in [0.1, 0.15) is 5.76 Å². The quantitative estimate of drug-likeness (QED) is 0.823. The van der Waals surface area contributed by atoms with E-state index in [-0.39, 0.29) is 12.5 Å². The van der Waals surface area contributed by atoms with Crippen molar-refractivity contribution >= 4 is 29.2 Å². The van der Waals surface area contributed by atoms with Crippen LogP contribution in [-0.4, -0.2) is 23.9 Å². The number of amides is 1. The Labute approximate surface area is 115 Å². The lowest BCUT2D eigenvalue weighted by atomic mass is 10.3. The second-order valence-corrected chi connectivity index (χ2v) is 4.77. The molecule has 1 amide bonds. The average molecular weight is 277 g/mol. The highest BCUT2D eigenvalue weighted by Crippen LogP contribution is 2.24. The van der Waals surface area contributed by atoms with Crippen LogP contribution < -0.4 is 10.6 Å². The lowest BCUT2D eigenvalue weighted by molar-refractivity contribution is -0.114. The Hall–Kier alpha value is -1.95. The second kappa shape index (κ2) is 6.29. The molecule has 0 bridgehead atoms. The van der Waals surface area contributed by atoms with Crippen molar-refractivity contribution in [2.75, 3.05) is 23.4 Å². The third kappa shape index (κ3) is 3.75. The number of aryl methyl sites for hydroxylation is 1. The summed E-state index contributed by atoms with van der Waals surface area (Å²) in [6.07, 6.45) is 2.00. The molecule has 100 valence electrons. The van der Waals surface area contributed by atoms with Crippen molar-refractivity contribution in [2.45, 2.75) is 11.8 Å². The maximum Gasteiger partial charge on any atom is 0.244 e. The molecule has 2 rings (SSSR count). The maximum absolute atomic E-state index is 11.7. The number of nitrogens with one attached hydrogen (secondary N) is 2. The van der Waals surface area contributed by atoms with Crippen molar-refractivity contribution in [1.82, 2.24) is 5.16 Å². The predicted molar refractivity (Wildman–Crippen MR) is 76.6 cm³/mol. The van der Waals surface area contributed by atoms with Gasteiger partial charge in [0, 0.05) is 16.6 Å². The molecule has 0 unspecified atom stereocenters. The minimum Gasteiger partial charge on any atom is -0.375 e. The first-order chi connectivity index (χ1) is 9.19. The van der Waals surface area contributed by atoms with Crippen LogP contribution in [0.25, 0.3) is 0 Å². The number of rotatable bonds is 5. The molecular formula is C13H15N3O2S. The average Bonchev–Trinajstić information content (AvgIpc) is 2.82. The summed E-state index contributed by atoms with van der Waals surface area (Å²) < 4.78 is 4.88. The Morgan fingerprint density at radius 1 is 1.42 bits per heavy atom. The third-order valence-electron chi connectivity index (χ3n) is 2.44. The molecule has 5 nitrogen and oxygen atoms in total. The highest BCUT2D eigenvalue weighted by atomic mass is 32.2. The number of thioether (sulfide) groups is 1. The first-order valence-corrected chi connectivity index (χ1v) is 7.01. The Morgan fingerprint density at radius 3 is 2.89 bits per heavy atom. The van der Waals surface area contributed by atoms with E-state index in [9.17, 15) is 4.79 Å². The van der Waals surface area contributed by atoms with Crippen molar-refractivity contribution < 1.29 is 9.32 Å². The molecule has 1 heterocycles. The standard InChI is InChI=1S/C13H15N3O2S/c1-9-7-12(16-18-9)15-13(17)8-14-10-5-3-4-6-11(10)19-2/h3-7,14H,8H2,1-2H3,(H,15,16,17). The maximum atomic E-state index is 11.7. The fourth-order valence-electron chi connectivity index (χ4n) is 1.58. The van der Waals surface area contributed by atoms with Crippen molar-refractivity contribution in [3.63, 3.8) is 0 Å². The molecule has 19 heavy (non-hydrogen) atoms. The van der Waals surface area contributed by atoms with Gasteiger partial charge in [0.05, 0.1) is 6.54 Å². The largest absolute Gasteiger partial charge is 0.375 e. The van der Waals surface area contributed by atoms with Gasteiger partial charge in [-0.1, -0.05) is 17.3 Å². The van der Waals surface area contributed by atoms with Crippen molar-refractivity contribution in [1.29, 1.82) is 0 Å². The lowest BCUT2D eigenvalue weighted by Gasteiger charge is -2.09. The highest BCUT2D eigenvalue weighted by molar-refractivity contribution is 7.98. The smallest absolute Gasteiger partial charge is 0.244 e. The molecule has 1 aromatic heterocycles. The Kier molecular flexibility index (Phi) is 4.46. The molecular weight excluding hydrogens is 262 g/mol.